The third-order valence-electron chi connectivity index (χ3n) is 2.72. The second kappa shape index (κ2) is 4.82. The van der Waals surface area contributed by atoms with Crippen molar-refractivity contribution in [3.05, 3.63) is 11.1 Å². The number of aromatic nitrogens is 2. The van der Waals surface area contributed by atoms with Gasteiger partial charge in [0.15, 0.2) is 0 Å². The quantitative estimate of drug-likeness (QED) is 0.801. The van der Waals surface area contributed by atoms with Gasteiger partial charge in [-0.3, -0.25) is 4.90 Å². The van der Waals surface area contributed by atoms with Crippen LogP contribution in [0.25, 0.3) is 0 Å². The highest BCUT2D eigenvalue weighted by Gasteiger charge is 2.18. The number of nitrogens with two attached hydrogens (primary N) is 1. The molecule has 5 heteroatoms. The summed E-state index contributed by atoms with van der Waals surface area (Å²) in [5.41, 5.74) is 5.69. The summed E-state index contributed by atoms with van der Waals surface area (Å²) in [6, 6.07) is 0. The van der Waals surface area contributed by atoms with Crippen LogP contribution in [0.3, 0.4) is 0 Å². The lowest BCUT2D eigenvalue weighted by atomic mass is 9.98. The van der Waals surface area contributed by atoms with Crippen molar-refractivity contribution in [1.82, 2.24) is 14.5 Å². The zero-order valence-electron chi connectivity index (χ0n) is 8.22. The number of hydrogen-bond donors (Lipinski definition) is 1. The molecule has 2 rings (SSSR count). The fourth-order valence-electron chi connectivity index (χ4n) is 1.96. The number of hydrogen-bond acceptors (Lipinski definition) is 5. The van der Waals surface area contributed by atoms with Crippen LogP contribution in [0.15, 0.2) is 6.20 Å². The molecule has 0 aromatic carbocycles. The van der Waals surface area contributed by atoms with Crippen molar-refractivity contribution in [3.63, 3.8) is 0 Å². The van der Waals surface area contributed by atoms with E-state index in [2.05, 4.69) is 14.5 Å². The topological polar surface area (TPSA) is 55.0 Å². The van der Waals surface area contributed by atoms with Gasteiger partial charge >= 0.3 is 0 Å². The van der Waals surface area contributed by atoms with Crippen LogP contribution in [0, 0.1) is 5.92 Å². The van der Waals surface area contributed by atoms with Gasteiger partial charge in [0, 0.05) is 13.1 Å². The van der Waals surface area contributed by atoms with E-state index in [-0.39, 0.29) is 0 Å². The third-order valence-corrected chi connectivity index (χ3v) is 3.37. The highest BCUT2D eigenvalue weighted by atomic mass is 32.1. The Kier molecular flexibility index (Phi) is 3.44. The first-order chi connectivity index (χ1) is 6.88. The molecule has 1 fully saturated rings. The minimum atomic E-state index is 0.685. The molecule has 78 valence electrons. The van der Waals surface area contributed by atoms with Gasteiger partial charge in [0.1, 0.15) is 0 Å². The molecule has 0 amide bonds. The molecule has 0 radical (unpaired) electrons. The van der Waals surface area contributed by atoms with Crippen LogP contribution < -0.4 is 5.73 Å². The van der Waals surface area contributed by atoms with Crippen molar-refractivity contribution in [2.24, 2.45) is 11.7 Å². The largest absolute Gasteiger partial charge is 0.330 e. The zero-order chi connectivity index (χ0) is 9.80. The Labute approximate surface area is 88.3 Å². The maximum absolute atomic E-state index is 5.69. The molecule has 1 aromatic rings. The first-order valence-corrected chi connectivity index (χ1v) is 5.84. The molecule has 1 aliphatic heterocycles. The van der Waals surface area contributed by atoms with E-state index in [0.717, 1.165) is 19.6 Å². The van der Waals surface area contributed by atoms with E-state index in [1.54, 1.807) is 0 Å². The number of likely N-dealkylation sites (tertiary alicyclic amines) is 1. The molecule has 4 nitrogen and oxygen atoms in total. The molecular weight excluding hydrogens is 196 g/mol. The summed E-state index contributed by atoms with van der Waals surface area (Å²) in [6.07, 6.45) is 4.42. The van der Waals surface area contributed by atoms with Gasteiger partial charge in [0.2, 0.25) is 0 Å². The predicted molar refractivity (Wildman–Crippen MR) is 57.0 cm³/mol. The summed E-state index contributed by atoms with van der Waals surface area (Å²) in [4.78, 5) is 3.71. The van der Waals surface area contributed by atoms with Crippen molar-refractivity contribution >= 4 is 11.5 Å². The van der Waals surface area contributed by atoms with E-state index >= 15 is 0 Å². The van der Waals surface area contributed by atoms with Gasteiger partial charge in [-0.25, -0.2) is 0 Å². The van der Waals surface area contributed by atoms with Crippen molar-refractivity contribution in [3.8, 4) is 0 Å². The Morgan fingerprint density at radius 1 is 1.64 bits per heavy atom. The van der Waals surface area contributed by atoms with E-state index in [1.165, 1.54) is 35.8 Å². The summed E-state index contributed by atoms with van der Waals surface area (Å²) >= 11 is 1.49. The van der Waals surface area contributed by atoms with Gasteiger partial charge in [-0.05, 0) is 43.4 Å². The molecule has 2 heterocycles. The van der Waals surface area contributed by atoms with E-state index < -0.39 is 0 Å². The molecule has 1 unspecified atom stereocenters. The molecule has 0 spiro atoms. The third kappa shape index (κ3) is 2.50. The van der Waals surface area contributed by atoms with Crippen LogP contribution in [0.2, 0.25) is 0 Å². The molecule has 0 aliphatic carbocycles. The van der Waals surface area contributed by atoms with Gasteiger partial charge in [-0.1, -0.05) is 4.49 Å². The molecule has 1 atom stereocenters. The van der Waals surface area contributed by atoms with Crippen molar-refractivity contribution in [2.75, 3.05) is 19.6 Å². The van der Waals surface area contributed by atoms with Crippen molar-refractivity contribution in [2.45, 2.75) is 19.4 Å². The van der Waals surface area contributed by atoms with Crippen LogP contribution >= 0.6 is 11.5 Å². The van der Waals surface area contributed by atoms with Gasteiger partial charge < -0.3 is 5.73 Å². The fourth-order valence-corrected chi connectivity index (χ4v) is 2.50. The lowest BCUT2D eigenvalue weighted by molar-refractivity contribution is 0.172. The first kappa shape index (κ1) is 10.0. The summed E-state index contributed by atoms with van der Waals surface area (Å²) in [5.74, 6) is 0.685. The normalized spacial score (nSPS) is 23.9. The molecule has 0 saturated carbocycles. The summed E-state index contributed by atoms with van der Waals surface area (Å²) in [7, 11) is 0. The molecule has 0 bridgehead atoms. The van der Waals surface area contributed by atoms with E-state index in [9.17, 15) is 0 Å². The van der Waals surface area contributed by atoms with Gasteiger partial charge in [0.05, 0.1) is 11.1 Å². The maximum atomic E-state index is 5.69. The van der Waals surface area contributed by atoms with Gasteiger partial charge in [-0.2, -0.15) is 0 Å². The highest BCUT2D eigenvalue weighted by Crippen LogP contribution is 2.18. The number of nitrogens with zero attached hydrogens (tertiary/aromatic N) is 3. The van der Waals surface area contributed by atoms with Gasteiger partial charge in [-0.15, -0.1) is 5.10 Å². The van der Waals surface area contributed by atoms with Gasteiger partial charge in [0.25, 0.3) is 0 Å². The highest BCUT2D eigenvalue weighted by molar-refractivity contribution is 7.05. The van der Waals surface area contributed by atoms with Crippen LogP contribution in [-0.2, 0) is 6.54 Å². The molecule has 1 saturated heterocycles. The molecule has 2 N–H and O–H groups in total. The van der Waals surface area contributed by atoms with Crippen LogP contribution in [0.1, 0.15) is 17.7 Å². The number of rotatable bonds is 3. The first-order valence-electron chi connectivity index (χ1n) is 5.07. The minimum absolute atomic E-state index is 0.685. The Bertz CT molecular complexity index is 262. The average Bonchev–Trinajstić information content (AvgIpc) is 2.71. The zero-order valence-corrected chi connectivity index (χ0v) is 9.04. The Morgan fingerprint density at radius 3 is 3.29 bits per heavy atom. The molecule has 14 heavy (non-hydrogen) atoms. The summed E-state index contributed by atoms with van der Waals surface area (Å²) in [6.45, 7) is 4.13. The maximum Gasteiger partial charge on any atom is 0.0666 e. The second-order valence-electron chi connectivity index (χ2n) is 3.86. The van der Waals surface area contributed by atoms with Crippen LogP contribution in [0.5, 0.6) is 0 Å². The number of piperidine rings is 1. The smallest absolute Gasteiger partial charge is 0.0666 e. The predicted octanol–water partition coefficient (Wildman–Crippen LogP) is 0.709. The standard InChI is InChI=1S/C9H16N4S/c10-4-8-2-1-3-13(6-8)7-9-5-11-12-14-9/h5,8H,1-4,6-7,10H2. The van der Waals surface area contributed by atoms with Crippen LogP contribution in [-0.4, -0.2) is 34.1 Å². The molecular formula is C9H16N4S. The SMILES string of the molecule is NCC1CCCN(Cc2cnns2)C1. The molecule has 1 aromatic heterocycles. The Hall–Kier alpha value is -0.520. The minimum Gasteiger partial charge on any atom is -0.330 e. The van der Waals surface area contributed by atoms with Crippen molar-refractivity contribution < 1.29 is 0 Å². The molecule has 1 aliphatic rings. The lowest BCUT2D eigenvalue weighted by Crippen LogP contribution is -2.37. The van der Waals surface area contributed by atoms with E-state index in [1.807, 2.05) is 6.20 Å². The monoisotopic (exact) mass is 212 g/mol. The van der Waals surface area contributed by atoms with Crippen LogP contribution in [0.4, 0.5) is 0 Å². The summed E-state index contributed by atoms with van der Waals surface area (Å²) < 4.78 is 3.87. The average molecular weight is 212 g/mol. The fraction of sp³-hybridized carbons (Fsp3) is 0.778. The Balaban J connectivity index is 1.86. The van der Waals surface area contributed by atoms with E-state index in [0.29, 0.717) is 5.92 Å². The Morgan fingerprint density at radius 2 is 2.57 bits per heavy atom. The lowest BCUT2D eigenvalue weighted by Gasteiger charge is -2.31. The summed E-state index contributed by atoms with van der Waals surface area (Å²) in [5, 5.41) is 3.84. The van der Waals surface area contributed by atoms with E-state index in [4.69, 9.17) is 5.73 Å². The van der Waals surface area contributed by atoms with Crippen molar-refractivity contribution in [1.29, 1.82) is 0 Å². The second-order valence-corrected chi connectivity index (χ2v) is 4.73.